The van der Waals surface area contributed by atoms with Crippen molar-refractivity contribution in [2.24, 2.45) is 5.92 Å². The van der Waals surface area contributed by atoms with Crippen molar-refractivity contribution in [1.82, 2.24) is 9.88 Å². The average molecular weight is 341 g/mol. The van der Waals surface area contributed by atoms with E-state index in [0.717, 1.165) is 19.3 Å². The van der Waals surface area contributed by atoms with Crippen molar-refractivity contribution in [3.63, 3.8) is 0 Å². The van der Waals surface area contributed by atoms with Crippen molar-refractivity contribution in [3.05, 3.63) is 22.8 Å². The first kappa shape index (κ1) is 16.5. The van der Waals surface area contributed by atoms with E-state index in [4.69, 9.17) is 21.1 Å². The Morgan fingerprint density at radius 3 is 3.00 bits per heavy atom. The molecule has 0 radical (unpaired) electrons. The molecule has 0 bridgehead atoms. The standard InChI is InChI=1S/C16H21ClN2O4/c1-22-15-12(17)7-10(8-18-15)16(21)19-5-6-23-9-13(19)11-3-2-4-14(11)20/h7-8,11,13-14,20H,2-6,9H2,1H3/t11-,13-,14+/m1/s1. The molecule has 1 aromatic heterocycles. The number of methoxy groups -OCH3 is 1. The van der Waals surface area contributed by atoms with E-state index in [1.54, 1.807) is 11.0 Å². The molecule has 1 amide bonds. The van der Waals surface area contributed by atoms with Crippen LogP contribution in [0.4, 0.5) is 0 Å². The summed E-state index contributed by atoms with van der Waals surface area (Å²) in [5.41, 5.74) is 0.426. The van der Waals surface area contributed by atoms with E-state index in [1.807, 2.05) is 0 Å². The maximum Gasteiger partial charge on any atom is 0.255 e. The van der Waals surface area contributed by atoms with Gasteiger partial charge in [0.1, 0.15) is 5.02 Å². The van der Waals surface area contributed by atoms with Crippen LogP contribution < -0.4 is 4.74 Å². The second kappa shape index (κ2) is 7.03. The van der Waals surface area contributed by atoms with Crippen molar-refractivity contribution in [1.29, 1.82) is 0 Å². The maximum absolute atomic E-state index is 12.9. The summed E-state index contributed by atoms with van der Waals surface area (Å²) in [6.07, 6.45) is 3.81. The zero-order valence-corrected chi connectivity index (χ0v) is 13.8. The maximum atomic E-state index is 12.9. The van der Waals surface area contributed by atoms with Gasteiger partial charge in [-0.15, -0.1) is 0 Å². The van der Waals surface area contributed by atoms with Gasteiger partial charge in [0.2, 0.25) is 5.88 Å². The Hall–Kier alpha value is -1.37. The van der Waals surface area contributed by atoms with Crippen LogP contribution in [0.3, 0.4) is 0 Å². The number of nitrogens with zero attached hydrogens (tertiary/aromatic N) is 2. The van der Waals surface area contributed by atoms with Crippen molar-refractivity contribution < 1.29 is 19.4 Å². The van der Waals surface area contributed by atoms with E-state index >= 15 is 0 Å². The molecule has 3 atom stereocenters. The number of morpholine rings is 1. The first-order chi connectivity index (χ1) is 11.1. The van der Waals surface area contributed by atoms with Gasteiger partial charge in [-0.1, -0.05) is 18.0 Å². The summed E-state index contributed by atoms with van der Waals surface area (Å²) < 4.78 is 10.6. The van der Waals surface area contributed by atoms with Gasteiger partial charge in [0.15, 0.2) is 0 Å². The van der Waals surface area contributed by atoms with Gasteiger partial charge in [-0.2, -0.15) is 0 Å². The van der Waals surface area contributed by atoms with Crippen molar-refractivity contribution in [3.8, 4) is 5.88 Å². The molecule has 2 heterocycles. The van der Waals surface area contributed by atoms with Crippen LogP contribution in [0.1, 0.15) is 29.6 Å². The monoisotopic (exact) mass is 340 g/mol. The number of aliphatic hydroxyl groups is 1. The Bertz CT molecular complexity index is 583. The molecule has 1 saturated heterocycles. The smallest absolute Gasteiger partial charge is 0.255 e. The number of carbonyl (C=O) groups excluding carboxylic acids is 1. The van der Waals surface area contributed by atoms with E-state index in [-0.39, 0.29) is 24.0 Å². The molecule has 3 rings (SSSR count). The Balaban J connectivity index is 1.82. The van der Waals surface area contributed by atoms with Gasteiger partial charge in [0.05, 0.1) is 38.0 Å². The SMILES string of the molecule is COc1ncc(C(=O)N2CCOC[C@@H]2[C@H]2CCC[C@@H]2O)cc1Cl. The normalized spacial score (nSPS) is 28.0. The molecule has 0 aromatic carbocycles. The third kappa shape index (κ3) is 3.29. The molecule has 1 saturated carbocycles. The molecule has 2 fully saturated rings. The molecule has 23 heavy (non-hydrogen) atoms. The Morgan fingerprint density at radius 1 is 1.52 bits per heavy atom. The summed E-state index contributed by atoms with van der Waals surface area (Å²) in [6.45, 7) is 1.48. The quantitative estimate of drug-likeness (QED) is 0.907. The summed E-state index contributed by atoms with van der Waals surface area (Å²) in [5.74, 6) is 0.239. The highest BCUT2D eigenvalue weighted by atomic mass is 35.5. The number of halogens is 1. The molecule has 1 N–H and O–H groups in total. The van der Waals surface area contributed by atoms with Gasteiger partial charge >= 0.3 is 0 Å². The number of aromatic nitrogens is 1. The number of hydrogen-bond acceptors (Lipinski definition) is 5. The average Bonchev–Trinajstić information content (AvgIpc) is 3.00. The minimum absolute atomic E-state index is 0.0703. The lowest BCUT2D eigenvalue weighted by atomic mass is 9.94. The topological polar surface area (TPSA) is 71.9 Å². The van der Waals surface area contributed by atoms with Crippen LogP contribution in [-0.2, 0) is 4.74 Å². The fourth-order valence-electron chi connectivity index (χ4n) is 3.51. The van der Waals surface area contributed by atoms with Gasteiger partial charge in [-0.3, -0.25) is 4.79 Å². The van der Waals surface area contributed by atoms with E-state index < -0.39 is 0 Å². The molecule has 1 aliphatic carbocycles. The van der Waals surface area contributed by atoms with Gasteiger partial charge in [-0.25, -0.2) is 4.98 Å². The largest absolute Gasteiger partial charge is 0.480 e. The van der Waals surface area contributed by atoms with Crippen LogP contribution in [0.15, 0.2) is 12.3 Å². The molecular formula is C16H21ClN2O4. The van der Waals surface area contributed by atoms with Gasteiger partial charge < -0.3 is 19.5 Å². The van der Waals surface area contributed by atoms with Gasteiger partial charge in [0, 0.05) is 18.7 Å². The van der Waals surface area contributed by atoms with E-state index in [2.05, 4.69) is 4.98 Å². The summed E-state index contributed by atoms with van der Waals surface area (Å²) in [6, 6.07) is 1.47. The van der Waals surface area contributed by atoms with Gasteiger partial charge in [-0.05, 0) is 18.9 Å². The fraction of sp³-hybridized carbons (Fsp3) is 0.625. The minimum Gasteiger partial charge on any atom is -0.480 e. The molecule has 0 unspecified atom stereocenters. The highest BCUT2D eigenvalue weighted by molar-refractivity contribution is 6.32. The molecular weight excluding hydrogens is 320 g/mol. The van der Waals surface area contributed by atoms with Crippen molar-refractivity contribution in [2.75, 3.05) is 26.9 Å². The Kier molecular flexibility index (Phi) is 5.04. The predicted molar refractivity (Wildman–Crippen MR) is 84.8 cm³/mol. The van der Waals surface area contributed by atoms with Crippen molar-refractivity contribution >= 4 is 17.5 Å². The lowest BCUT2D eigenvalue weighted by molar-refractivity contribution is -0.0383. The molecule has 7 heteroatoms. The summed E-state index contributed by atoms with van der Waals surface area (Å²) in [7, 11) is 1.48. The molecule has 126 valence electrons. The second-order valence-electron chi connectivity index (χ2n) is 6.02. The lowest BCUT2D eigenvalue weighted by Gasteiger charge is -2.40. The van der Waals surface area contributed by atoms with E-state index in [9.17, 15) is 9.90 Å². The third-order valence-electron chi connectivity index (χ3n) is 4.70. The zero-order valence-electron chi connectivity index (χ0n) is 13.1. The van der Waals surface area contributed by atoms with Crippen LogP contribution >= 0.6 is 11.6 Å². The number of carbonyl (C=O) groups is 1. The highest BCUT2D eigenvalue weighted by Gasteiger charge is 2.39. The molecule has 6 nitrogen and oxygen atoms in total. The fourth-order valence-corrected chi connectivity index (χ4v) is 3.75. The summed E-state index contributed by atoms with van der Waals surface area (Å²) >= 11 is 6.08. The van der Waals surface area contributed by atoms with E-state index in [1.165, 1.54) is 13.3 Å². The van der Waals surface area contributed by atoms with Crippen LogP contribution in [0.2, 0.25) is 5.02 Å². The molecule has 2 aliphatic rings. The van der Waals surface area contributed by atoms with Crippen molar-refractivity contribution in [2.45, 2.75) is 31.4 Å². The van der Waals surface area contributed by atoms with Crippen LogP contribution in [0.5, 0.6) is 5.88 Å². The molecule has 1 aromatic rings. The van der Waals surface area contributed by atoms with Crippen LogP contribution in [-0.4, -0.2) is 59.9 Å². The molecule has 0 spiro atoms. The number of amides is 1. The van der Waals surface area contributed by atoms with Crippen LogP contribution in [0, 0.1) is 5.92 Å². The van der Waals surface area contributed by atoms with E-state index in [0.29, 0.717) is 36.2 Å². The number of ether oxygens (including phenoxy) is 2. The summed E-state index contributed by atoms with van der Waals surface area (Å²) in [4.78, 5) is 18.7. The first-order valence-electron chi connectivity index (χ1n) is 7.88. The van der Waals surface area contributed by atoms with Gasteiger partial charge in [0.25, 0.3) is 5.91 Å². The number of pyridine rings is 1. The predicted octanol–water partition coefficient (Wildman–Crippen LogP) is 1.75. The Labute approximate surface area is 140 Å². The molecule has 1 aliphatic heterocycles. The Morgan fingerprint density at radius 2 is 2.35 bits per heavy atom. The van der Waals surface area contributed by atoms with Crippen LogP contribution in [0.25, 0.3) is 0 Å². The first-order valence-corrected chi connectivity index (χ1v) is 8.26. The number of rotatable bonds is 3. The number of hydrogen-bond donors (Lipinski definition) is 1. The third-order valence-corrected chi connectivity index (χ3v) is 4.97. The summed E-state index contributed by atoms with van der Waals surface area (Å²) in [5, 5.41) is 10.5. The lowest BCUT2D eigenvalue weighted by Crippen LogP contribution is -2.53. The minimum atomic E-state index is -0.366. The zero-order chi connectivity index (χ0) is 16.4. The highest BCUT2D eigenvalue weighted by Crippen LogP contribution is 2.33. The second-order valence-corrected chi connectivity index (χ2v) is 6.43. The number of aliphatic hydroxyl groups excluding tert-OH is 1.